The van der Waals surface area contributed by atoms with Crippen LogP contribution >= 0.6 is 23.4 Å². The van der Waals surface area contributed by atoms with Gasteiger partial charge in [-0.2, -0.15) is 0 Å². The highest BCUT2D eigenvalue weighted by molar-refractivity contribution is 8.00. The lowest BCUT2D eigenvalue weighted by molar-refractivity contribution is -0.137. The molecule has 0 fully saturated rings. The van der Waals surface area contributed by atoms with E-state index in [0.717, 1.165) is 11.8 Å². The number of methoxy groups -OCH3 is 1. The second-order valence-corrected chi connectivity index (χ2v) is 3.73. The summed E-state index contributed by atoms with van der Waals surface area (Å²) in [5.41, 5.74) is 2.29. The Morgan fingerprint density at radius 1 is 1.80 bits per heavy atom. The van der Waals surface area contributed by atoms with Crippen molar-refractivity contribution in [1.29, 1.82) is 0 Å². The number of carbonyl (C=O) groups is 1. The van der Waals surface area contributed by atoms with E-state index in [0.29, 0.717) is 10.0 Å². The van der Waals surface area contributed by atoms with Crippen molar-refractivity contribution in [3.8, 4) is 0 Å². The highest BCUT2D eigenvalue weighted by Crippen LogP contribution is 2.24. The third-order valence-corrected chi connectivity index (χ3v) is 2.75. The minimum Gasteiger partial charge on any atom is -0.468 e. The summed E-state index contributed by atoms with van der Waals surface area (Å²) in [6, 6.07) is 0. The molecular formula is C7H9ClN4O2S. The molecule has 1 aromatic rings. The summed E-state index contributed by atoms with van der Waals surface area (Å²) in [5, 5.41) is 0.841. The highest BCUT2D eigenvalue weighted by atomic mass is 35.5. The van der Waals surface area contributed by atoms with E-state index in [4.69, 9.17) is 17.4 Å². The third kappa shape index (κ3) is 3.54. The van der Waals surface area contributed by atoms with Crippen LogP contribution < -0.4 is 11.3 Å². The number of esters is 1. The van der Waals surface area contributed by atoms with E-state index in [1.165, 1.54) is 13.3 Å². The number of nitrogens with one attached hydrogen (secondary N) is 1. The number of aromatic nitrogens is 2. The zero-order valence-electron chi connectivity index (χ0n) is 7.86. The van der Waals surface area contributed by atoms with Crippen molar-refractivity contribution in [3.05, 3.63) is 11.2 Å². The average Bonchev–Trinajstić information content (AvgIpc) is 2.27. The van der Waals surface area contributed by atoms with Gasteiger partial charge in [-0.15, -0.1) is 0 Å². The summed E-state index contributed by atoms with van der Waals surface area (Å²) >= 11 is 6.97. The van der Waals surface area contributed by atoms with Gasteiger partial charge in [-0.25, -0.2) is 15.8 Å². The molecule has 0 radical (unpaired) electrons. The third-order valence-electron chi connectivity index (χ3n) is 1.40. The fraction of sp³-hybridized carbons (Fsp3) is 0.286. The van der Waals surface area contributed by atoms with Crippen LogP contribution in [0.15, 0.2) is 11.2 Å². The number of halogens is 1. The van der Waals surface area contributed by atoms with Crippen molar-refractivity contribution < 1.29 is 9.53 Å². The second kappa shape index (κ2) is 5.74. The van der Waals surface area contributed by atoms with E-state index in [2.05, 4.69) is 20.1 Å². The van der Waals surface area contributed by atoms with Crippen LogP contribution in [0.5, 0.6) is 0 Å². The van der Waals surface area contributed by atoms with Crippen LogP contribution in [-0.2, 0) is 9.53 Å². The largest absolute Gasteiger partial charge is 0.468 e. The molecule has 15 heavy (non-hydrogen) atoms. The first-order chi connectivity index (χ1) is 7.17. The number of nitrogens with zero attached hydrogens (tertiary/aromatic N) is 2. The monoisotopic (exact) mass is 248 g/mol. The van der Waals surface area contributed by atoms with Crippen LogP contribution in [-0.4, -0.2) is 28.8 Å². The van der Waals surface area contributed by atoms with Gasteiger partial charge in [0.05, 0.1) is 24.1 Å². The van der Waals surface area contributed by atoms with Gasteiger partial charge in [0.15, 0.2) is 0 Å². The number of ether oxygens (including phenoxy) is 1. The summed E-state index contributed by atoms with van der Waals surface area (Å²) in [5.74, 6) is 5.16. The van der Waals surface area contributed by atoms with E-state index < -0.39 is 0 Å². The number of hydrogen-bond donors (Lipinski definition) is 2. The van der Waals surface area contributed by atoms with Crippen molar-refractivity contribution in [2.45, 2.75) is 5.03 Å². The van der Waals surface area contributed by atoms with Crippen molar-refractivity contribution >= 4 is 35.3 Å². The van der Waals surface area contributed by atoms with Gasteiger partial charge < -0.3 is 4.74 Å². The lowest BCUT2D eigenvalue weighted by Crippen LogP contribution is -2.11. The molecule has 0 aromatic carbocycles. The van der Waals surface area contributed by atoms with Crippen LogP contribution in [0.1, 0.15) is 0 Å². The van der Waals surface area contributed by atoms with E-state index >= 15 is 0 Å². The molecule has 0 aliphatic heterocycles. The van der Waals surface area contributed by atoms with E-state index in [1.807, 2.05) is 0 Å². The van der Waals surface area contributed by atoms with Gasteiger partial charge in [-0.05, 0) is 0 Å². The maximum Gasteiger partial charge on any atom is 0.316 e. The number of nitrogens with two attached hydrogens (primary N) is 1. The normalized spacial score (nSPS) is 9.80. The summed E-state index contributed by atoms with van der Waals surface area (Å²) in [6.07, 6.45) is 1.41. The molecule has 82 valence electrons. The van der Waals surface area contributed by atoms with Crippen LogP contribution in [0.2, 0.25) is 5.02 Å². The van der Waals surface area contributed by atoms with E-state index in [-0.39, 0.29) is 17.7 Å². The molecule has 1 rings (SSSR count). The number of hydrogen-bond acceptors (Lipinski definition) is 7. The van der Waals surface area contributed by atoms with Gasteiger partial charge in [-0.3, -0.25) is 10.2 Å². The molecule has 1 aromatic heterocycles. The number of anilines is 1. The van der Waals surface area contributed by atoms with Crippen molar-refractivity contribution in [3.63, 3.8) is 0 Å². The molecule has 0 saturated carbocycles. The average molecular weight is 249 g/mol. The maximum absolute atomic E-state index is 10.9. The Hall–Kier alpha value is -1.05. The number of hydrazine groups is 1. The van der Waals surface area contributed by atoms with E-state index in [1.54, 1.807) is 0 Å². The predicted molar refractivity (Wildman–Crippen MR) is 57.6 cm³/mol. The number of rotatable bonds is 4. The first-order valence-electron chi connectivity index (χ1n) is 3.86. The first kappa shape index (κ1) is 12.0. The minimum absolute atomic E-state index is 0.136. The van der Waals surface area contributed by atoms with Gasteiger partial charge in [0, 0.05) is 0 Å². The molecule has 0 atom stereocenters. The number of nitrogen functional groups attached to an aromatic ring is 1. The van der Waals surface area contributed by atoms with Gasteiger partial charge in [0.1, 0.15) is 5.03 Å². The lowest BCUT2D eigenvalue weighted by Gasteiger charge is -2.03. The molecular weight excluding hydrogens is 240 g/mol. The quantitative estimate of drug-likeness (QED) is 0.266. The number of thioether (sulfide) groups is 1. The summed E-state index contributed by atoms with van der Waals surface area (Å²) in [7, 11) is 1.32. The maximum atomic E-state index is 10.9. The Morgan fingerprint density at radius 3 is 3.13 bits per heavy atom. The second-order valence-electron chi connectivity index (χ2n) is 2.36. The zero-order chi connectivity index (χ0) is 11.3. The Kier molecular flexibility index (Phi) is 4.60. The molecule has 0 bridgehead atoms. The minimum atomic E-state index is -0.350. The zero-order valence-corrected chi connectivity index (χ0v) is 9.43. The molecule has 6 nitrogen and oxygen atoms in total. The standard InChI is InChI=1S/C7H9ClN4O2S/c1-14-5(13)3-15-6-4(8)2-10-7(11-6)12-9/h2H,3,9H2,1H3,(H,10,11,12). The summed E-state index contributed by atoms with van der Waals surface area (Å²) in [4.78, 5) is 18.7. The first-order valence-corrected chi connectivity index (χ1v) is 5.22. The van der Waals surface area contributed by atoms with Crippen molar-refractivity contribution in [2.75, 3.05) is 18.3 Å². The topological polar surface area (TPSA) is 90.1 Å². The molecule has 0 unspecified atom stereocenters. The molecule has 0 aliphatic rings. The Bertz CT molecular complexity index is 363. The van der Waals surface area contributed by atoms with Crippen molar-refractivity contribution in [2.24, 2.45) is 5.84 Å². The lowest BCUT2D eigenvalue weighted by atomic mass is 10.7. The number of carbonyl (C=O) groups excluding carboxylic acids is 1. The van der Waals surface area contributed by atoms with Crippen LogP contribution in [0.25, 0.3) is 0 Å². The van der Waals surface area contributed by atoms with Gasteiger partial charge >= 0.3 is 5.97 Å². The van der Waals surface area contributed by atoms with Gasteiger partial charge in [0.25, 0.3) is 0 Å². The van der Waals surface area contributed by atoms with Crippen LogP contribution in [0, 0.1) is 0 Å². The van der Waals surface area contributed by atoms with Gasteiger partial charge in [-0.1, -0.05) is 23.4 Å². The fourth-order valence-corrected chi connectivity index (χ4v) is 1.68. The molecule has 0 amide bonds. The molecule has 1 heterocycles. The highest BCUT2D eigenvalue weighted by Gasteiger charge is 2.08. The molecule has 3 N–H and O–H groups in total. The Balaban J connectivity index is 2.70. The molecule has 0 saturated heterocycles. The summed E-state index contributed by atoms with van der Waals surface area (Å²) < 4.78 is 4.48. The smallest absolute Gasteiger partial charge is 0.316 e. The van der Waals surface area contributed by atoms with Crippen LogP contribution in [0.4, 0.5) is 5.95 Å². The van der Waals surface area contributed by atoms with E-state index in [9.17, 15) is 4.79 Å². The molecule has 0 spiro atoms. The summed E-state index contributed by atoms with van der Waals surface area (Å²) in [6.45, 7) is 0. The SMILES string of the molecule is COC(=O)CSc1nc(NN)ncc1Cl. The Morgan fingerprint density at radius 2 is 2.53 bits per heavy atom. The Labute approximate surface area is 95.5 Å². The molecule has 0 aliphatic carbocycles. The van der Waals surface area contributed by atoms with Crippen LogP contribution in [0.3, 0.4) is 0 Å². The van der Waals surface area contributed by atoms with Crippen molar-refractivity contribution in [1.82, 2.24) is 9.97 Å². The van der Waals surface area contributed by atoms with Gasteiger partial charge in [0.2, 0.25) is 5.95 Å². The predicted octanol–water partition coefficient (Wildman–Crippen LogP) is 0.681. The fourth-order valence-electron chi connectivity index (χ4n) is 0.708. The molecule has 8 heteroatoms.